The van der Waals surface area contributed by atoms with E-state index in [1.54, 1.807) is 11.1 Å². The van der Waals surface area contributed by atoms with Crippen LogP contribution in [-0.4, -0.2) is 32.6 Å². The van der Waals surface area contributed by atoms with Gasteiger partial charge in [-0.2, -0.15) is 0 Å². The second-order valence-electron chi connectivity index (χ2n) is 6.54. The summed E-state index contributed by atoms with van der Waals surface area (Å²) in [7, 11) is 1.95. The highest BCUT2D eigenvalue weighted by Crippen LogP contribution is 2.23. The molecule has 1 amide bonds. The number of aromatic nitrogens is 2. The molecule has 0 N–H and O–H groups in total. The molecule has 1 atom stereocenters. The van der Waals surface area contributed by atoms with Crippen molar-refractivity contribution in [1.82, 2.24) is 14.5 Å². The Morgan fingerprint density at radius 2 is 1.79 bits per heavy atom. The van der Waals surface area contributed by atoms with Gasteiger partial charge in [-0.3, -0.25) is 0 Å². The molecule has 0 aliphatic carbocycles. The van der Waals surface area contributed by atoms with E-state index in [1.807, 2.05) is 75.8 Å². The van der Waals surface area contributed by atoms with Gasteiger partial charge in [0.05, 0.1) is 0 Å². The van der Waals surface area contributed by atoms with Crippen molar-refractivity contribution in [1.29, 1.82) is 0 Å². The van der Waals surface area contributed by atoms with Gasteiger partial charge in [0, 0.05) is 37.9 Å². The Morgan fingerprint density at radius 1 is 1.17 bits per heavy atom. The molecule has 5 nitrogen and oxygen atoms in total. The molecule has 1 unspecified atom stereocenters. The second kappa shape index (κ2) is 7.99. The first-order valence-corrected chi connectivity index (χ1v) is 8.40. The molecule has 0 bridgehead atoms. The number of benzene rings is 1. The topological polar surface area (TPSA) is 47.4 Å². The molecule has 130 valence electrons. The number of carbonyl (C=O) groups excluding carboxylic acids is 1. The lowest BCUT2D eigenvalue weighted by molar-refractivity contribution is 0.0438. The molecule has 0 aliphatic rings. The molecule has 0 radical (unpaired) electrons. The van der Waals surface area contributed by atoms with Crippen molar-refractivity contribution in [3.63, 3.8) is 0 Å². The number of imidazole rings is 1. The summed E-state index contributed by atoms with van der Waals surface area (Å²) in [6.07, 6.45) is 3.55. The number of aryl methyl sites for hydroxylation is 1. The number of hydrogen-bond donors (Lipinski definition) is 0. The molecule has 0 aliphatic heterocycles. The van der Waals surface area contributed by atoms with Crippen LogP contribution in [0.25, 0.3) is 0 Å². The molecule has 0 spiro atoms. The van der Waals surface area contributed by atoms with Gasteiger partial charge in [-0.1, -0.05) is 30.3 Å². The van der Waals surface area contributed by atoms with Crippen molar-refractivity contribution in [3.8, 4) is 0 Å². The largest absolute Gasteiger partial charge is 0.441 e. The zero-order chi connectivity index (χ0) is 17.7. The zero-order valence-electron chi connectivity index (χ0n) is 15.1. The molecule has 2 rings (SSSR count). The van der Waals surface area contributed by atoms with Crippen molar-refractivity contribution < 1.29 is 9.53 Å². The molecule has 24 heavy (non-hydrogen) atoms. The fourth-order valence-electron chi connectivity index (χ4n) is 2.85. The van der Waals surface area contributed by atoms with E-state index in [2.05, 4.69) is 4.98 Å². The molecule has 2 aromatic rings. The second-order valence-corrected chi connectivity index (χ2v) is 6.54. The highest BCUT2D eigenvalue weighted by molar-refractivity contribution is 5.68. The Kier molecular flexibility index (Phi) is 6.01. The summed E-state index contributed by atoms with van der Waals surface area (Å²) in [5, 5.41) is 0. The minimum absolute atomic E-state index is 0.0853. The van der Waals surface area contributed by atoms with E-state index in [4.69, 9.17) is 4.74 Å². The van der Waals surface area contributed by atoms with Crippen LogP contribution in [0.3, 0.4) is 0 Å². The normalized spacial score (nSPS) is 12.5. The summed E-state index contributed by atoms with van der Waals surface area (Å²) in [5.41, 5.74) is 0.973. The maximum atomic E-state index is 12.7. The average molecular weight is 329 g/mol. The Bertz CT molecular complexity index is 642. The quantitative estimate of drug-likeness (QED) is 0.806. The van der Waals surface area contributed by atoms with Gasteiger partial charge in [0.1, 0.15) is 11.9 Å². The smallest absolute Gasteiger partial charge is 0.410 e. The first-order chi connectivity index (χ1) is 11.4. The lowest BCUT2D eigenvalue weighted by atomic mass is 10.1. The highest BCUT2D eigenvalue weighted by atomic mass is 16.6. The fraction of sp³-hybridized carbons (Fsp3) is 0.474. The van der Waals surface area contributed by atoms with E-state index >= 15 is 0 Å². The molecule has 0 fully saturated rings. The summed E-state index contributed by atoms with van der Waals surface area (Å²) >= 11 is 0. The van der Waals surface area contributed by atoms with E-state index in [0.29, 0.717) is 6.42 Å². The Hall–Kier alpha value is -2.30. The van der Waals surface area contributed by atoms with Crippen molar-refractivity contribution in [2.75, 3.05) is 0 Å². The van der Waals surface area contributed by atoms with Crippen molar-refractivity contribution in [2.45, 2.75) is 52.3 Å². The summed E-state index contributed by atoms with van der Waals surface area (Å²) in [4.78, 5) is 18.8. The van der Waals surface area contributed by atoms with Crippen molar-refractivity contribution in [2.24, 2.45) is 7.05 Å². The van der Waals surface area contributed by atoms with Crippen molar-refractivity contribution in [3.05, 3.63) is 54.1 Å². The predicted octanol–water partition coefficient (Wildman–Crippen LogP) is 3.96. The zero-order valence-corrected chi connectivity index (χ0v) is 15.1. The molecule has 1 aromatic carbocycles. The Balaban J connectivity index is 2.23. The Morgan fingerprint density at radius 3 is 2.29 bits per heavy atom. The molecule has 0 saturated carbocycles. The third-order valence-electron chi connectivity index (χ3n) is 4.03. The van der Waals surface area contributed by atoms with E-state index < -0.39 is 0 Å². The van der Waals surface area contributed by atoms with Crippen molar-refractivity contribution >= 4 is 6.09 Å². The molecular formula is C19H27N3O2. The Labute approximate surface area is 144 Å². The van der Waals surface area contributed by atoms with E-state index in [-0.39, 0.29) is 24.3 Å². The lowest BCUT2D eigenvalue weighted by Crippen LogP contribution is -2.43. The molecule has 0 saturated heterocycles. The summed E-state index contributed by atoms with van der Waals surface area (Å²) < 4.78 is 7.83. The first-order valence-electron chi connectivity index (χ1n) is 8.40. The first kappa shape index (κ1) is 18.0. The number of hydrogen-bond acceptors (Lipinski definition) is 3. The van der Waals surface area contributed by atoms with E-state index in [1.165, 1.54) is 0 Å². The maximum Gasteiger partial charge on any atom is 0.410 e. The number of amides is 1. The number of ether oxygens (including phenoxy) is 1. The lowest BCUT2D eigenvalue weighted by Gasteiger charge is -2.31. The van der Waals surface area contributed by atoms with Gasteiger partial charge >= 0.3 is 6.09 Å². The van der Waals surface area contributed by atoms with Gasteiger partial charge in [0.15, 0.2) is 0 Å². The standard InChI is InChI=1S/C19H27N3O2/c1-14(2)22(15(3)4)19(23)24-17(16-9-7-6-8-10-16)13-18-20-11-12-21(18)5/h6-12,14-15,17H,13H2,1-5H3. The minimum atomic E-state index is -0.361. The number of nitrogens with zero attached hydrogens (tertiary/aromatic N) is 3. The van der Waals surface area contributed by atoms with Crippen LogP contribution in [0.2, 0.25) is 0 Å². The molecule has 5 heteroatoms. The maximum absolute atomic E-state index is 12.7. The van der Waals surface area contributed by atoms with Crippen LogP contribution in [-0.2, 0) is 18.2 Å². The van der Waals surface area contributed by atoms with Gasteiger partial charge in [-0.05, 0) is 33.3 Å². The average Bonchev–Trinajstić information content (AvgIpc) is 2.92. The third-order valence-corrected chi connectivity index (χ3v) is 4.03. The van der Waals surface area contributed by atoms with Crippen LogP contribution in [0, 0.1) is 0 Å². The van der Waals surface area contributed by atoms with Crippen LogP contribution in [0.15, 0.2) is 42.7 Å². The van der Waals surface area contributed by atoms with E-state index in [0.717, 1.165) is 11.4 Å². The fourth-order valence-corrected chi connectivity index (χ4v) is 2.85. The van der Waals surface area contributed by atoms with Crippen LogP contribution >= 0.6 is 0 Å². The van der Waals surface area contributed by atoms with Gasteiger partial charge in [0.25, 0.3) is 0 Å². The molecule has 1 aromatic heterocycles. The highest BCUT2D eigenvalue weighted by Gasteiger charge is 2.26. The summed E-state index contributed by atoms with van der Waals surface area (Å²) in [6.45, 7) is 7.99. The van der Waals surface area contributed by atoms with Gasteiger partial charge in [0.2, 0.25) is 0 Å². The van der Waals surface area contributed by atoms with Crippen LogP contribution in [0.4, 0.5) is 4.79 Å². The third kappa shape index (κ3) is 4.37. The van der Waals surface area contributed by atoms with Crippen LogP contribution < -0.4 is 0 Å². The molecular weight excluding hydrogens is 302 g/mol. The SMILES string of the molecule is CC(C)N(C(=O)OC(Cc1nccn1C)c1ccccc1)C(C)C. The van der Waals surface area contributed by atoms with Crippen LogP contribution in [0.1, 0.15) is 45.2 Å². The molecule has 1 heterocycles. The monoisotopic (exact) mass is 329 g/mol. The number of carbonyl (C=O) groups is 1. The predicted molar refractivity (Wildman–Crippen MR) is 94.7 cm³/mol. The van der Waals surface area contributed by atoms with Gasteiger partial charge < -0.3 is 14.2 Å². The minimum Gasteiger partial charge on any atom is -0.441 e. The van der Waals surface area contributed by atoms with Crippen LogP contribution in [0.5, 0.6) is 0 Å². The van der Waals surface area contributed by atoms with Gasteiger partial charge in [-0.15, -0.1) is 0 Å². The van der Waals surface area contributed by atoms with Gasteiger partial charge in [-0.25, -0.2) is 9.78 Å². The van der Waals surface area contributed by atoms with E-state index in [9.17, 15) is 4.79 Å². The summed E-state index contributed by atoms with van der Waals surface area (Å²) in [5.74, 6) is 0.886. The number of rotatable bonds is 6. The summed E-state index contributed by atoms with van der Waals surface area (Å²) in [6, 6.07) is 10.0.